The van der Waals surface area contributed by atoms with Gasteiger partial charge in [-0.25, -0.2) is 14.6 Å². The van der Waals surface area contributed by atoms with E-state index in [0.29, 0.717) is 16.8 Å². The van der Waals surface area contributed by atoms with Gasteiger partial charge in [0.15, 0.2) is 11.4 Å². The van der Waals surface area contributed by atoms with Gasteiger partial charge < -0.3 is 24.5 Å². The summed E-state index contributed by atoms with van der Waals surface area (Å²) in [5.74, 6) is 0.0902. The first-order valence-corrected chi connectivity index (χ1v) is 9.65. The summed E-state index contributed by atoms with van der Waals surface area (Å²) in [6, 6.07) is 8.80. The average Bonchev–Trinajstić information content (AvgIpc) is 3.15. The van der Waals surface area contributed by atoms with Crippen LogP contribution in [0.25, 0.3) is 11.1 Å². The fourth-order valence-electron chi connectivity index (χ4n) is 3.20. The summed E-state index contributed by atoms with van der Waals surface area (Å²) < 4.78 is 15.3. The molecule has 2 aromatic carbocycles. The number of rotatable bonds is 6. The number of hydrogen-bond acceptors (Lipinski definition) is 9. The normalized spacial score (nSPS) is 10.8. The number of H-pyrrole nitrogens is 1. The van der Waals surface area contributed by atoms with E-state index in [0.717, 1.165) is 22.6 Å². The third-order valence-electron chi connectivity index (χ3n) is 4.97. The highest BCUT2D eigenvalue weighted by atomic mass is 16.5. The molecule has 0 aliphatic rings. The van der Waals surface area contributed by atoms with Crippen molar-refractivity contribution in [3.63, 3.8) is 0 Å². The number of ether oxygens (including phenoxy) is 2. The highest BCUT2D eigenvalue weighted by molar-refractivity contribution is 5.95. The number of anilines is 4. The molecular weight excluding hydrogens is 414 g/mol. The van der Waals surface area contributed by atoms with Crippen LogP contribution in [0.1, 0.15) is 21.5 Å². The number of aromatic amines is 1. The molecule has 32 heavy (non-hydrogen) atoms. The van der Waals surface area contributed by atoms with Crippen LogP contribution < -0.4 is 21.1 Å². The maximum atomic E-state index is 12.2. The first kappa shape index (κ1) is 20.9. The van der Waals surface area contributed by atoms with Crippen molar-refractivity contribution in [1.29, 1.82) is 0 Å². The molecule has 0 saturated carbocycles. The lowest BCUT2D eigenvalue weighted by molar-refractivity contribution is 0.0601. The van der Waals surface area contributed by atoms with Gasteiger partial charge in [0.25, 0.3) is 0 Å². The number of esters is 1. The third kappa shape index (κ3) is 4.10. The zero-order valence-corrected chi connectivity index (χ0v) is 17.9. The Labute approximate surface area is 182 Å². The number of aryl methyl sites for hydroxylation is 1. The van der Waals surface area contributed by atoms with E-state index in [-0.39, 0.29) is 17.3 Å². The molecule has 0 amide bonds. The van der Waals surface area contributed by atoms with Crippen LogP contribution in [0.4, 0.5) is 23.1 Å². The van der Waals surface area contributed by atoms with Crippen LogP contribution in [0.3, 0.4) is 0 Å². The van der Waals surface area contributed by atoms with Gasteiger partial charge in [-0.3, -0.25) is 4.98 Å². The third-order valence-corrected chi connectivity index (χ3v) is 4.97. The molecule has 0 fully saturated rings. The molecule has 0 unspecified atom stereocenters. The molecule has 164 valence electrons. The fourth-order valence-corrected chi connectivity index (χ4v) is 3.20. The van der Waals surface area contributed by atoms with Crippen LogP contribution in [0.5, 0.6) is 5.75 Å². The van der Waals surface area contributed by atoms with E-state index < -0.39 is 11.7 Å². The van der Waals surface area contributed by atoms with Crippen LogP contribution in [-0.4, -0.2) is 35.1 Å². The molecule has 0 spiro atoms. The summed E-state index contributed by atoms with van der Waals surface area (Å²) in [5.41, 5.74) is 4.47. The van der Waals surface area contributed by atoms with Crippen molar-refractivity contribution in [2.75, 3.05) is 24.9 Å². The van der Waals surface area contributed by atoms with Gasteiger partial charge in [-0.15, -0.1) is 0 Å². The Balaban J connectivity index is 1.70. The maximum Gasteiger partial charge on any atom is 0.417 e. The number of carbonyl (C=O) groups is 1. The fraction of sp³-hybridized carbons (Fsp3) is 0.182. The van der Waals surface area contributed by atoms with Crippen molar-refractivity contribution in [3.05, 3.63) is 63.8 Å². The Morgan fingerprint density at radius 3 is 2.66 bits per heavy atom. The number of fused-ring (bicyclic) bond motifs is 1. The first-order chi connectivity index (χ1) is 15.4. The molecule has 0 radical (unpaired) electrons. The van der Waals surface area contributed by atoms with E-state index in [9.17, 15) is 9.59 Å². The molecular formula is C22H21N5O5. The Hall–Kier alpha value is -4.34. The molecule has 0 bridgehead atoms. The van der Waals surface area contributed by atoms with Gasteiger partial charge in [-0.05, 0) is 49.2 Å². The number of benzene rings is 2. The lowest BCUT2D eigenvalue weighted by Gasteiger charge is -2.14. The lowest BCUT2D eigenvalue weighted by Crippen LogP contribution is -2.10. The second-order valence-electron chi connectivity index (χ2n) is 7.04. The highest BCUT2D eigenvalue weighted by Crippen LogP contribution is 2.28. The van der Waals surface area contributed by atoms with E-state index in [4.69, 9.17) is 13.9 Å². The molecule has 3 N–H and O–H groups in total. The molecule has 0 atom stereocenters. The van der Waals surface area contributed by atoms with Crippen molar-refractivity contribution in [1.82, 2.24) is 15.0 Å². The van der Waals surface area contributed by atoms with Gasteiger partial charge in [-0.2, -0.15) is 4.98 Å². The van der Waals surface area contributed by atoms with Crippen molar-refractivity contribution >= 4 is 40.2 Å². The predicted molar refractivity (Wildman–Crippen MR) is 119 cm³/mol. The van der Waals surface area contributed by atoms with Crippen LogP contribution in [-0.2, 0) is 4.74 Å². The second-order valence-corrected chi connectivity index (χ2v) is 7.04. The Kier molecular flexibility index (Phi) is 5.50. The van der Waals surface area contributed by atoms with E-state index >= 15 is 0 Å². The monoisotopic (exact) mass is 435 g/mol. The number of aromatic nitrogens is 3. The highest BCUT2D eigenvalue weighted by Gasteiger charge is 2.17. The van der Waals surface area contributed by atoms with Crippen LogP contribution in [0.15, 0.2) is 45.7 Å². The average molecular weight is 435 g/mol. The molecule has 4 aromatic rings. The van der Waals surface area contributed by atoms with Crippen molar-refractivity contribution in [2.45, 2.75) is 13.8 Å². The summed E-state index contributed by atoms with van der Waals surface area (Å²) in [6.45, 7) is 3.96. The van der Waals surface area contributed by atoms with Gasteiger partial charge in [0, 0.05) is 23.6 Å². The summed E-state index contributed by atoms with van der Waals surface area (Å²) in [5, 5.41) is 6.21. The minimum Gasteiger partial charge on any atom is -0.496 e. The van der Waals surface area contributed by atoms with Crippen molar-refractivity contribution in [2.24, 2.45) is 0 Å². The Morgan fingerprint density at radius 2 is 1.91 bits per heavy atom. The number of nitrogens with zero attached hydrogens (tertiary/aromatic N) is 2. The predicted octanol–water partition coefficient (Wildman–Crippen LogP) is 3.81. The maximum absolute atomic E-state index is 12.2. The zero-order chi connectivity index (χ0) is 22.8. The number of oxazole rings is 1. The van der Waals surface area contributed by atoms with Crippen molar-refractivity contribution < 1.29 is 18.7 Å². The van der Waals surface area contributed by atoms with Gasteiger partial charge in [0.1, 0.15) is 11.3 Å². The number of carbonyl (C=O) groups excluding carboxylic acids is 1. The zero-order valence-electron chi connectivity index (χ0n) is 17.9. The van der Waals surface area contributed by atoms with Crippen LogP contribution in [0.2, 0.25) is 0 Å². The van der Waals surface area contributed by atoms with Crippen LogP contribution >= 0.6 is 0 Å². The van der Waals surface area contributed by atoms with Gasteiger partial charge in [0.2, 0.25) is 5.95 Å². The summed E-state index contributed by atoms with van der Waals surface area (Å²) in [4.78, 5) is 34.9. The largest absolute Gasteiger partial charge is 0.496 e. The molecule has 10 nitrogen and oxygen atoms in total. The van der Waals surface area contributed by atoms with E-state index in [2.05, 4.69) is 25.6 Å². The first-order valence-electron chi connectivity index (χ1n) is 9.65. The molecule has 2 heterocycles. The minimum absolute atomic E-state index is 0.150. The molecule has 0 saturated heterocycles. The quantitative estimate of drug-likeness (QED) is 0.387. The summed E-state index contributed by atoms with van der Waals surface area (Å²) in [6.07, 6.45) is 1.38. The van der Waals surface area contributed by atoms with Gasteiger partial charge in [-0.1, -0.05) is 0 Å². The molecule has 10 heteroatoms. The smallest absolute Gasteiger partial charge is 0.417 e. The summed E-state index contributed by atoms with van der Waals surface area (Å²) >= 11 is 0. The van der Waals surface area contributed by atoms with Crippen LogP contribution in [0, 0.1) is 13.8 Å². The molecule has 4 rings (SSSR count). The number of hydrogen-bond donors (Lipinski definition) is 3. The molecule has 0 aliphatic heterocycles. The van der Waals surface area contributed by atoms with E-state index in [1.165, 1.54) is 13.3 Å². The second kappa shape index (κ2) is 8.42. The SMILES string of the molecule is COC(=O)c1cnc(Nc2cc(C)c(C)c(OC)c2)nc1Nc1ccc2oc(=O)[nH]c2c1. The standard InChI is InChI=1S/C22H21N5O5/c1-11-7-14(9-18(30-3)12(11)2)25-21-23-10-15(20(28)31-4)19(27-21)24-13-5-6-17-16(8-13)26-22(29)32-17/h5-10H,1-4H3,(H,26,29)(H2,23,24,25,27). The van der Waals surface area contributed by atoms with Crippen molar-refractivity contribution in [3.8, 4) is 5.75 Å². The molecule has 2 aromatic heterocycles. The Bertz CT molecular complexity index is 1380. The lowest BCUT2D eigenvalue weighted by atomic mass is 10.1. The van der Waals surface area contributed by atoms with Gasteiger partial charge in [0.05, 0.1) is 19.7 Å². The topological polar surface area (TPSA) is 131 Å². The van der Waals surface area contributed by atoms with E-state index in [1.807, 2.05) is 26.0 Å². The Morgan fingerprint density at radius 1 is 1.09 bits per heavy atom. The van der Waals surface area contributed by atoms with Gasteiger partial charge >= 0.3 is 11.7 Å². The van der Waals surface area contributed by atoms with E-state index in [1.54, 1.807) is 25.3 Å². The summed E-state index contributed by atoms with van der Waals surface area (Å²) in [7, 11) is 2.89. The molecule has 0 aliphatic carbocycles. The number of methoxy groups -OCH3 is 2. The minimum atomic E-state index is -0.593. The number of nitrogens with one attached hydrogen (secondary N) is 3.